The Kier molecular flexibility index (Phi) is 5.61. The van der Waals surface area contributed by atoms with E-state index < -0.39 is 16.0 Å². The molecule has 9 heteroatoms. The van der Waals surface area contributed by atoms with E-state index >= 15 is 0 Å². The van der Waals surface area contributed by atoms with Crippen LogP contribution in [0.25, 0.3) is 10.6 Å². The van der Waals surface area contributed by atoms with E-state index in [1.165, 1.54) is 29.5 Å². The van der Waals surface area contributed by atoms with Crippen molar-refractivity contribution < 1.29 is 17.9 Å². The van der Waals surface area contributed by atoms with E-state index in [-0.39, 0.29) is 17.1 Å². The fraction of sp³-hybridized carbons (Fsp3) is 0.111. The largest absolute Gasteiger partial charge is 0.456 e. The lowest BCUT2D eigenvalue weighted by atomic mass is 10.1. The van der Waals surface area contributed by atoms with E-state index in [9.17, 15) is 13.2 Å². The van der Waals surface area contributed by atoms with Gasteiger partial charge in [-0.25, -0.2) is 23.3 Å². The molecule has 3 aromatic rings. The van der Waals surface area contributed by atoms with Crippen molar-refractivity contribution >= 4 is 38.9 Å². The number of hydrogen-bond acceptors (Lipinski definition) is 6. The molecule has 0 aliphatic carbocycles. The standard InChI is InChI=1S/C18H15ClN2O4S2/c1-11-6-7-13(27(20,23)24)8-15(11)18(22)25-9-12-10-26-17(21-12)14-4-2-3-5-16(14)19/h2-8,10H,9H2,1H3,(H2,20,23,24). The Labute approximate surface area is 165 Å². The Hall–Kier alpha value is -2.26. The Morgan fingerprint density at radius 2 is 2.00 bits per heavy atom. The predicted octanol–water partition coefficient (Wildman–Crippen LogP) is 3.78. The minimum absolute atomic E-state index is 0.0428. The van der Waals surface area contributed by atoms with Crippen LogP contribution in [-0.4, -0.2) is 19.4 Å². The molecule has 0 saturated heterocycles. The molecule has 0 bridgehead atoms. The van der Waals surface area contributed by atoms with E-state index in [1.54, 1.807) is 18.4 Å². The zero-order valence-corrected chi connectivity index (χ0v) is 16.6. The summed E-state index contributed by atoms with van der Waals surface area (Å²) in [4.78, 5) is 16.6. The average Bonchev–Trinajstić information content (AvgIpc) is 3.08. The van der Waals surface area contributed by atoms with Gasteiger partial charge in [0.05, 0.1) is 21.2 Å². The molecule has 2 aromatic carbocycles. The first-order valence-corrected chi connectivity index (χ1v) is 10.6. The molecule has 0 unspecified atom stereocenters. The van der Waals surface area contributed by atoms with E-state index in [1.807, 2.05) is 18.2 Å². The second-order valence-corrected chi connectivity index (χ2v) is 8.55. The molecule has 6 nitrogen and oxygen atoms in total. The molecule has 1 heterocycles. The molecule has 0 fully saturated rings. The number of halogens is 1. The highest BCUT2D eigenvalue weighted by Gasteiger charge is 2.17. The number of nitrogens with two attached hydrogens (primary N) is 1. The smallest absolute Gasteiger partial charge is 0.338 e. The van der Waals surface area contributed by atoms with Gasteiger partial charge >= 0.3 is 5.97 Å². The third kappa shape index (κ3) is 4.54. The molecule has 3 rings (SSSR count). The van der Waals surface area contributed by atoms with Crippen LogP contribution < -0.4 is 5.14 Å². The van der Waals surface area contributed by atoms with Gasteiger partial charge in [-0.1, -0.05) is 35.9 Å². The van der Waals surface area contributed by atoms with Crippen molar-refractivity contribution in [3.8, 4) is 10.6 Å². The summed E-state index contributed by atoms with van der Waals surface area (Å²) in [5.41, 5.74) is 2.10. The molecule has 0 saturated carbocycles. The second-order valence-electron chi connectivity index (χ2n) is 5.72. The van der Waals surface area contributed by atoms with Crippen molar-refractivity contribution in [2.75, 3.05) is 0 Å². The SMILES string of the molecule is Cc1ccc(S(N)(=O)=O)cc1C(=O)OCc1csc(-c2ccccc2Cl)n1. The quantitative estimate of drug-likeness (QED) is 0.631. The van der Waals surface area contributed by atoms with Gasteiger partial charge in [0.2, 0.25) is 10.0 Å². The number of esters is 1. The number of carbonyl (C=O) groups excluding carboxylic acids is 1. The molecule has 0 aliphatic rings. The van der Waals surface area contributed by atoms with Gasteiger partial charge in [0.25, 0.3) is 0 Å². The van der Waals surface area contributed by atoms with E-state index in [4.69, 9.17) is 21.5 Å². The van der Waals surface area contributed by atoms with Crippen molar-refractivity contribution in [2.24, 2.45) is 5.14 Å². The highest BCUT2D eigenvalue weighted by Crippen LogP contribution is 2.30. The normalized spacial score (nSPS) is 11.4. The fourth-order valence-corrected chi connectivity index (χ4v) is 4.01. The number of ether oxygens (including phenoxy) is 1. The molecule has 27 heavy (non-hydrogen) atoms. The van der Waals surface area contributed by atoms with E-state index in [0.717, 1.165) is 10.6 Å². The minimum atomic E-state index is -3.91. The van der Waals surface area contributed by atoms with Crippen LogP contribution in [-0.2, 0) is 21.4 Å². The van der Waals surface area contributed by atoms with Crippen LogP contribution in [0.1, 0.15) is 21.6 Å². The Morgan fingerprint density at radius 3 is 2.70 bits per heavy atom. The van der Waals surface area contributed by atoms with Crippen LogP contribution in [0.2, 0.25) is 5.02 Å². The number of carbonyl (C=O) groups is 1. The molecule has 0 radical (unpaired) electrons. The van der Waals surface area contributed by atoms with Gasteiger partial charge in [0.1, 0.15) is 11.6 Å². The molecule has 0 spiro atoms. The maximum Gasteiger partial charge on any atom is 0.338 e. The van der Waals surface area contributed by atoms with Gasteiger partial charge in [-0.3, -0.25) is 0 Å². The van der Waals surface area contributed by atoms with Crippen molar-refractivity contribution in [3.63, 3.8) is 0 Å². The number of rotatable bonds is 5. The Morgan fingerprint density at radius 1 is 1.26 bits per heavy atom. The third-order valence-electron chi connectivity index (χ3n) is 3.76. The van der Waals surface area contributed by atoms with Gasteiger partial charge in [0.15, 0.2) is 0 Å². The van der Waals surface area contributed by atoms with Crippen molar-refractivity contribution in [2.45, 2.75) is 18.4 Å². The first kappa shape index (κ1) is 19.5. The summed E-state index contributed by atoms with van der Waals surface area (Å²) < 4.78 is 28.2. The first-order valence-electron chi connectivity index (χ1n) is 7.75. The monoisotopic (exact) mass is 422 g/mol. The predicted molar refractivity (Wildman–Crippen MR) is 104 cm³/mol. The number of primary sulfonamides is 1. The van der Waals surface area contributed by atoms with Gasteiger partial charge < -0.3 is 4.74 Å². The van der Waals surface area contributed by atoms with E-state index in [0.29, 0.717) is 16.3 Å². The number of nitrogens with zero attached hydrogens (tertiary/aromatic N) is 1. The molecule has 0 aliphatic heterocycles. The van der Waals surface area contributed by atoms with Gasteiger partial charge in [-0.2, -0.15) is 0 Å². The summed E-state index contributed by atoms with van der Waals surface area (Å²) >= 11 is 7.56. The zero-order valence-electron chi connectivity index (χ0n) is 14.2. The molecule has 0 atom stereocenters. The van der Waals surface area contributed by atoms with Gasteiger partial charge in [0, 0.05) is 10.9 Å². The van der Waals surface area contributed by atoms with Crippen LogP contribution in [0.3, 0.4) is 0 Å². The highest BCUT2D eigenvalue weighted by molar-refractivity contribution is 7.89. The first-order chi connectivity index (χ1) is 12.8. The summed E-state index contributed by atoms with van der Waals surface area (Å²) in [6.45, 7) is 1.64. The summed E-state index contributed by atoms with van der Waals surface area (Å²) in [6, 6.07) is 11.4. The number of thiazole rings is 1. The van der Waals surface area contributed by atoms with Crippen molar-refractivity contribution in [3.05, 3.63) is 69.7 Å². The second kappa shape index (κ2) is 7.77. The summed E-state index contributed by atoms with van der Waals surface area (Å²) in [6.07, 6.45) is 0. The topological polar surface area (TPSA) is 99.4 Å². The number of sulfonamides is 1. The van der Waals surface area contributed by atoms with Crippen LogP contribution in [0.15, 0.2) is 52.7 Å². The number of benzene rings is 2. The summed E-state index contributed by atoms with van der Waals surface area (Å²) in [5.74, 6) is -0.648. The van der Waals surface area contributed by atoms with Gasteiger partial charge in [-0.05, 0) is 30.7 Å². The third-order valence-corrected chi connectivity index (χ3v) is 5.93. The molecule has 1 aromatic heterocycles. The van der Waals surface area contributed by atoms with Crippen LogP contribution >= 0.6 is 22.9 Å². The Bertz CT molecular complexity index is 1110. The summed E-state index contributed by atoms with van der Waals surface area (Å²) in [5, 5.41) is 8.20. The lowest BCUT2D eigenvalue weighted by Gasteiger charge is -2.08. The van der Waals surface area contributed by atoms with Crippen LogP contribution in [0.4, 0.5) is 0 Å². The molecule has 0 amide bonds. The zero-order chi connectivity index (χ0) is 19.6. The molecular formula is C18H15ClN2O4S2. The number of hydrogen-bond donors (Lipinski definition) is 1. The number of aryl methyl sites for hydroxylation is 1. The number of aromatic nitrogens is 1. The lowest BCUT2D eigenvalue weighted by molar-refractivity contribution is 0.0467. The van der Waals surface area contributed by atoms with Crippen LogP contribution in [0, 0.1) is 6.92 Å². The van der Waals surface area contributed by atoms with Crippen molar-refractivity contribution in [1.82, 2.24) is 4.98 Å². The summed E-state index contributed by atoms with van der Waals surface area (Å²) in [7, 11) is -3.91. The highest BCUT2D eigenvalue weighted by atomic mass is 35.5. The fourth-order valence-electron chi connectivity index (χ4n) is 2.35. The van der Waals surface area contributed by atoms with Crippen molar-refractivity contribution in [1.29, 1.82) is 0 Å². The molecular weight excluding hydrogens is 408 g/mol. The maximum absolute atomic E-state index is 12.3. The lowest BCUT2D eigenvalue weighted by Crippen LogP contribution is -2.14. The van der Waals surface area contributed by atoms with Gasteiger partial charge in [-0.15, -0.1) is 11.3 Å². The molecule has 2 N–H and O–H groups in total. The average molecular weight is 423 g/mol. The Balaban J connectivity index is 1.75. The molecule has 140 valence electrons. The van der Waals surface area contributed by atoms with E-state index in [2.05, 4.69) is 4.98 Å². The minimum Gasteiger partial charge on any atom is -0.456 e. The van der Waals surface area contributed by atoms with Crippen LogP contribution in [0.5, 0.6) is 0 Å². The maximum atomic E-state index is 12.3.